The molecule has 88 valence electrons. The minimum absolute atomic E-state index is 0.149. The molecule has 4 heteroatoms. The molecule has 0 bridgehead atoms. The standard InChI is InChI=1S/C11H18Br2O2/c12-9-3-1-7-8(2-4-10(9)13)11(7,5-14)6-15/h7-10,14-15H,1-6H2. The van der Waals surface area contributed by atoms with E-state index in [-0.39, 0.29) is 18.6 Å². The average Bonchev–Trinajstić information content (AvgIpc) is 2.87. The number of halogens is 2. The molecule has 0 aromatic carbocycles. The largest absolute Gasteiger partial charge is 0.396 e. The summed E-state index contributed by atoms with van der Waals surface area (Å²) in [5.74, 6) is 1.10. The van der Waals surface area contributed by atoms with Gasteiger partial charge in [0.1, 0.15) is 0 Å². The van der Waals surface area contributed by atoms with Crippen LogP contribution in [0.3, 0.4) is 0 Å². The summed E-state index contributed by atoms with van der Waals surface area (Å²) in [4.78, 5) is 1.07. The maximum Gasteiger partial charge on any atom is 0.0514 e. The second-order valence-corrected chi connectivity index (χ2v) is 7.30. The minimum Gasteiger partial charge on any atom is -0.396 e. The van der Waals surface area contributed by atoms with Gasteiger partial charge in [-0.2, -0.15) is 0 Å². The van der Waals surface area contributed by atoms with Crippen LogP contribution in [0.2, 0.25) is 0 Å². The summed E-state index contributed by atoms with van der Waals surface area (Å²) in [5.41, 5.74) is -0.149. The van der Waals surface area contributed by atoms with E-state index in [2.05, 4.69) is 31.9 Å². The van der Waals surface area contributed by atoms with E-state index in [0.717, 1.165) is 25.7 Å². The first-order valence-electron chi connectivity index (χ1n) is 5.65. The molecule has 15 heavy (non-hydrogen) atoms. The Kier molecular flexibility index (Phi) is 3.81. The zero-order valence-corrected chi connectivity index (χ0v) is 11.9. The Balaban J connectivity index is 2.03. The molecule has 0 heterocycles. The smallest absolute Gasteiger partial charge is 0.0514 e. The van der Waals surface area contributed by atoms with Gasteiger partial charge in [-0.3, -0.25) is 0 Å². The molecule has 2 aliphatic rings. The van der Waals surface area contributed by atoms with Gasteiger partial charge in [0, 0.05) is 15.1 Å². The first-order valence-corrected chi connectivity index (χ1v) is 7.48. The van der Waals surface area contributed by atoms with Gasteiger partial charge in [-0.05, 0) is 37.5 Å². The zero-order chi connectivity index (χ0) is 11.1. The maximum atomic E-state index is 9.42. The number of aliphatic hydroxyl groups excluding tert-OH is 2. The van der Waals surface area contributed by atoms with Crippen molar-refractivity contribution in [3.63, 3.8) is 0 Å². The van der Waals surface area contributed by atoms with Crippen LogP contribution in [0, 0.1) is 17.3 Å². The molecular formula is C11H18Br2O2. The summed E-state index contributed by atoms with van der Waals surface area (Å²) < 4.78 is 0. The Morgan fingerprint density at radius 3 is 1.60 bits per heavy atom. The third-order valence-corrected chi connectivity index (χ3v) is 7.24. The predicted octanol–water partition coefficient (Wildman–Crippen LogP) is 2.30. The monoisotopic (exact) mass is 340 g/mol. The number of rotatable bonds is 2. The number of aliphatic hydroxyl groups is 2. The normalized spacial score (nSPS) is 44.0. The van der Waals surface area contributed by atoms with Crippen molar-refractivity contribution in [2.45, 2.75) is 35.3 Å². The van der Waals surface area contributed by atoms with Gasteiger partial charge in [0.05, 0.1) is 13.2 Å². The van der Waals surface area contributed by atoms with E-state index < -0.39 is 0 Å². The molecule has 2 saturated carbocycles. The second-order valence-electron chi connectivity index (χ2n) is 4.95. The lowest BCUT2D eigenvalue weighted by Crippen LogP contribution is -2.16. The molecule has 0 aliphatic heterocycles. The number of hydrogen-bond acceptors (Lipinski definition) is 2. The third kappa shape index (κ3) is 2.03. The SMILES string of the molecule is OCC1(CO)C2CCC(Br)C(Br)CCC21. The predicted molar refractivity (Wildman–Crippen MR) is 67.5 cm³/mol. The van der Waals surface area contributed by atoms with Crippen LogP contribution in [0.15, 0.2) is 0 Å². The van der Waals surface area contributed by atoms with Crippen molar-refractivity contribution in [1.29, 1.82) is 0 Å². The molecule has 2 aliphatic carbocycles. The topological polar surface area (TPSA) is 40.5 Å². The fourth-order valence-electron chi connectivity index (χ4n) is 3.21. The summed E-state index contributed by atoms with van der Waals surface area (Å²) in [6.45, 7) is 0.303. The van der Waals surface area contributed by atoms with Crippen LogP contribution >= 0.6 is 31.9 Å². The first kappa shape index (κ1) is 12.3. The van der Waals surface area contributed by atoms with Crippen molar-refractivity contribution in [2.24, 2.45) is 17.3 Å². The van der Waals surface area contributed by atoms with E-state index >= 15 is 0 Å². The molecule has 2 nitrogen and oxygen atoms in total. The first-order chi connectivity index (χ1) is 7.15. The van der Waals surface area contributed by atoms with Gasteiger partial charge in [0.2, 0.25) is 0 Å². The van der Waals surface area contributed by atoms with E-state index in [9.17, 15) is 10.2 Å². The van der Waals surface area contributed by atoms with E-state index in [1.54, 1.807) is 0 Å². The molecule has 4 atom stereocenters. The van der Waals surface area contributed by atoms with Crippen LogP contribution in [0.4, 0.5) is 0 Å². The highest BCUT2D eigenvalue weighted by Gasteiger charge is 2.62. The fraction of sp³-hybridized carbons (Fsp3) is 1.00. The fourth-order valence-corrected chi connectivity index (χ4v) is 4.26. The van der Waals surface area contributed by atoms with E-state index in [1.807, 2.05) is 0 Å². The lowest BCUT2D eigenvalue weighted by Gasteiger charge is -2.18. The van der Waals surface area contributed by atoms with Crippen molar-refractivity contribution in [2.75, 3.05) is 13.2 Å². The van der Waals surface area contributed by atoms with Crippen molar-refractivity contribution in [3.8, 4) is 0 Å². The number of alkyl halides is 2. The van der Waals surface area contributed by atoms with Crippen LogP contribution in [0.1, 0.15) is 25.7 Å². The molecular weight excluding hydrogens is 324 g/mol. The van der Waals surface area contributed by atoms with Crippen molar-refractivity contribution in [3.05, 3.63) is 0 Å². The van der Waals surface area contributed by atoms with E-state index in [1.165, 1.54) is 0 Å². The van der Waals surface area contributed by atoms with Crippen LogP contribution in [-0.2, 0) is 0 Å². The average molecular weight is 342 g/mol. The summed E-state index contributed by atoms with van der Waals surface area (Å²) in [7, 11) is 0. The van der Waals surface area contributed by atoms with Gasteiger partial charge in [0.25, 0.3) is 0 Å². The molecule has 0 amide bonds. The van der Waals surface area contributed by atoms with Crippen molar-refractivity contribution in [1.82, 2.24) is 0 Å². The molecule has 4 unspecified atom stereocenters. The molecule has 0 spiro atoms. The Morgan fingerprint density at radius 2 is 1.27 bits per heavy atom. The zero-order valence-electron chi connectivity index (χ0n) is 8.70. The molecule has 2 rings (SSSR count). The Morgan fingerprint density at radius 1 is 0.867 bits per heavy atom. The van der Waals surface area contributed by atoms with Crippen LogP contribution in [0.25, 0.3) is 0 Å². The number of fused-ring (bicyclic) bond motifs is 1. The molecule has 0 saturated heterocycles. The van der Waals surface area contributed by atoms with Gasteiger partial charge in [-0.25, -0.2) is 0 Å². The molecule has 0 aromatic heterocycles. The maximum absolute atomic E-state index is 9.42. The summed E-state index contributed by atoms with van der Waals surface area (Å²) in [6.07, 6.45) is 4.53. The van der Waals surface area contributed by atoms with Crippen molar-refractivity contribution >= 4 is 31.9 Å². The summed E-state index contributed by atoms with van der Waals surface area (Å²) in [6, 6.07) is 0. The van der Waals surface area contributed by atoms with Crippen molar-refractivity contribution < 1.29 is 10.2 Å². The van der Waals surface area contributed by atoms with Crippen LogP contribution < -0.4 is 0 Å². The lowest BCUT2D eigenvalue weighted by atomic mass is 10.0. The molecule has 0 radical (unpaired) electrons. The second kappa shape index (κ2) is 4.63. The van der Waals surface area contributed by atoms with Gasteiger partial charge >= 0.3 is 0 Å². The molecule has 2 N–H and O–H groups in total. The van der Waals surface area contributed by atoms with Gasteiger partial charge in [-0.1, -0.05) is 31.9 Å². The third-order valence-electron chi connectivity index (χ3n) is 4.34. The van der Waals surface area contributed by atoms with E-state index in [4.69, 9.17) is 0 Å². The quantitative estimate of drug-likeness (QED) is 0.757. The Labute approximate surface area is 108 Å². The summed E-state index contributed by atoms with van der Waals surface area (Å²) >= 11 is 7.39. The Bertz CT molecular complexity index is 211. The molecule has 2 fully saturated rings. The molecule has 0 aromatic rings. The number of hydrogen-bond donors (Lipinski definition) is 2. The van der Waals surface area contributed by atoms with Gasteiger partial charge in [-0.15, -0.1) is 0 Å². The minimum atomic E-state index is -0.149. The van der Waals surface area contributed by atoms with Gasteiger partial charge in [0.15, 0.2) is 0 Å². The van der Waals surface area contributed by atoms with Crippen LogP contribution in [0.5, 0.6) is 0 Å². The van der Waals surface area contributed by atoms with E-state index in [0.29, 0.717) is 21.5 Å². The highest BCUT2D eigenvalue weighted by atomic mass is 79.9. The highest BCUT2D eigenvalue weighted by Crippen LogP contribution is 2.63. The Hall–Kier alpha value is 0.880. The lowest BCUT2D eigenvalue weighted by molar-refractivity contribution is 0.111. The summed E-state index contributed by atoms with van der Waals surface area (Å²) in [5, 5.41) is 18.8. The van der Waals surface area contributed by atoms with Crippen LogP contribution in [-0.4, -0.2) is 33.1 Å². The highest BCUT2D eigenvalue weighted by molar-refractivity contribution is 9.12. The van der Waals surface area contributed by atoms with Gasteiger partial charge < -0.3 is 10.2 Å².